The number of phenols is 1. The summed E-state index contributed by atoms with van der Waals surface area (Å²) in [5.74, 6) is -0.839. The van der Waals surface area contributed by atoms with Gasteiger partial charge < -0.3 is 14.6 Å². The van der Waals surface area contributed by atoms with E-state index >= 15 is 0 Å². The summed E-state index contributed by atoms with van der Waals surface area (Å²) in [6, 6.07) is 9.63. The van der Waals surface area contributed by atoms with Gasteiger partial charge in [0, 0.05) is 24.3 Å². The second-order valence-electron chi connectivity index (χ2n) is 10.1. The van der Waals surface area contributed by atoms with E-state index in [-0.39, 0.29) is 35.2 Å². The number of phenolic OH excluding ortho intramolecular Hbond substituents is 1. The summed E-state index contributed by atoms with van der Waals surface area (Å²) >= 11 is 0. The minimum absolute atomic E-state index is 0.0652. The molecule has 190 valence electrons. The Balaban J connectivity index is 1.79. The van der Waals surface area contributed by atoms with E-state index in [4.69, 9.17) is 9.47 Å². The summed E-state index contributed by atoms with van der Waals surface area (Å²) in [6.45, 7) is 6.02. The number of aromatic hydroxyl groups is 1. The number of carbonyl (C=O) groups is 3. The molecule has 0 radical (unpaired) electrons. The molecule has 0 amide bonds. The van der Waals surface area contributed by atoms with Crippen LogP contribution in [0, 0.1) is 0 Å². The number of fused-ring (bicyclic) bond motifs is 2. The number of esters is 2. The van der Waals surface area contributed by atoms with Crippen LogP contribution in [0.15, 0.2) is 36.4 Å². The van der Waals surface area contributed by atoms with Crippen molar-refractivity contribution in [3.05, 3.63) is 64.2 Å². The van der Waals surface area contributed by atoms with E-state index in [1.807, 2.05) is 30.3 Å². The molecule has 2 heterocycles. The Labute approximate surface area is 212 Å². The monoisotopic (exact) mass is 490 g/mol. The van der Waals surface area contributed by atoms with Crippen LogP contribution in [0.25, 0.3) is 6.08 Å². The SMILES string of the molecule is CC(C)c1ccc([C@@H]2CC(=O)Oc3cc4c(c(O)c32)C(=O)O[C@H](C)CCCC(=O)CCCC=C4)cc1. The molecule has 2 aliphatic heterocycles. The van der Waals surface area contributed by atoms with Gasteiger partial charge in [-0.1, -0.05) is 50.3 Å². The van der Waals surface area contributed by atoms with E-state index in [9.17, 15) is 19.5 Å². The fourth-order valence-corrected chi connectivity index (χ4v) is 4.92. The van der Waals surface area contributed by atoms with E-state index in [1.54, 1.807) is 19.1 Å². The average Bonchev–Trinajstić information content (AvgIpc) is 2.82. The quantitative estimate of drug-likeness (QED) is 0.385. The normalized spacial score (nSPS) is 21.3. The van der Waals surface area contributed by atoms with Gasteiger partial charge in [0.15, 0.2) is 0 Å². The molecule has 2 aromatic rings. The number of hydrogen-bond acceptors (Lipinski definition) is 6. The molecular weight excluding hydrogens is 456 g/mol. The predicted molar refractivity (Wildman–Crippen MR) is 137 cm³/mol. The van der Waals surface area contributed by atoms with Gasteiger partial charge in [-0.2, -0.15) is 0 Å². The van der Waals surface area contributed by atoms with E-state index < -0.39 is 18.0 Å². The second-order valence-corrected chi connectivity index (χ2v) is 10.1. The first-order valence-corrected chi connectivity index (χ1v) is 12.8. The maximum Gasteiger partial charge on any atom is 0.342 e. The van der Waals surface area contributed by atoms with Crippen LogP contribution < -0.4 is 4.74 Å². The second kappa shape index (κ2) is 11.1. The first-order valence-electron chi connectivity index (χ1n) is 12.8. The van der Waals surface area contributed by atoms with E-state index in [0.717, 1.165) is 5.56 Å². The van der Waals surface area contributed by atoms with Crippen LogP contribution in [0.3, 0.4) is 0 Å². The summed E-state index contributed by atoms with van der Waals surface area (Å²) in [7, 11) is 0. The van der Waals surface area contributed by atoms with E-state index in [0.29, 0.717) is 55.6 Å². The number of cyclic esters (lactones) is 1. The van der Waals surface area contributed by atoms with Gasteiger partial charge in [0.1, 0.15) is 22.8 Å². The van der Waals surface area contributed by atoms with Crippen molar-refractivity contribution in [2.45, 2.75) is 83.7 Å². The van der Waals surface area contributed by atoms with Crippen molar-refractivity contribution in [2.24, 2.45) is 0 Å². The molecular formula is C30H34O6. The minimum Gasteiger partial charge on any atom is -0.507 e. The Morgan fingerprint density at radius 2 is 1.75 bits per heavy atom. The lowest BCUT2D eigenvalue weighted by atomic mass is 9.83. The molecule has 2 atom stereocenters. The Morgan fingerprint density at radius 1 is 1.03 bits per heavy atom. The molecule has 6 heteroatoms. The van der Waals surface area contributed by atoms with Gasteiger partial charge in [-0.05, 0) is 61.3 Å². The molecule has 6 nitrogen and oxygen atoms in total. The molecule has 36 heavy (non-hydrogen) atoms. The third-order valence-corrected chi connectivity index (χ3v) is 6.98. The van der Waals surface area contributed by atoms with Gasteiger partial charge in [0.05, 0.1) is 12.5 Å². The molecule has 0 fully saturated rings. The zero-order valence-corrected chi connectivity index (χ0v) is 21.2. The molecule has 4 rings (SSSR count). The third-order valence-electron chi connectivity index (χ3n) is 6.98. The number of benzene rings is 2. The highest BCUT2D eigenvalue weighted by Crippen LogP contribution is 2.47. The summed E-state index contributed by atoms with van der Waals surface area (Å²) in [5.41, 5.74) is 2.98. The van der Waals surface area contributed by atoms with Crippen molar-refractivity contribution < 1.29 is 29.0 Å². The lowest BCUT2D eigenvalue weighted by molar-refractivity contribution is -0.135. The van der Waals surface area contributed by atoms with Gasteiger partial charge in [-0.3, -0.25) is 9.59 Å². The molecule has 2 aliphatic rings. The van der Waals surface area contributed by atoms with Crippen molar-refractivity contribution in [1.29, 1.82) is 0 Å². The van der Waals surface area contributed by atoms with Crippen LogP contribution in [0.2, 0.25) is 0 Å². The number of rotatable bonds is 2. The highest BCUT2D eigenvalue weighted by Gasteiger charge is 2.35. The summed E-state index contributed by atoms with van der Waals surface area (Å²) in [4.78, 5) is 37.9. The number of hydrogen-bond donors (Lipinski definition) is 1. The van der Waals surface area contributed by atoms with Crippen LogP contribution in [-0.4, -0.2) is 28.9 Å². The van der Waals surface area contributed by atoms with Gasteiger partial charge in [-0.25, -0.2) is 4.79 Å². The van der Waals surface area contributed by atoms with Crippen LogP contribution in [0.4, 0.5) is 0 Å². The van der Waals surface area contributed by atoms with E-state index in [2.05, 4.69) is 13.8 Å². The molecule has 0 saturated carbocycles. The summed E-state index contributed by atoms with van der Waals surface area (Å²) in [5, 5.41) is 11.5. The summed E-state index contributed by atoms with van der Waals surface area (Å²) < 4.78 is 11.2. The molecule has 0 aliphatic carbocycles. The molecule has 1 N–H and O–H groups in total. The van der Waals surface area contributed by atoms with Crippen LogP contribution >= 0.6 is 0 Å². The van der Waals surface area contributed by atoms with Crippen molar-refractivity contribution >= 4 is 23.8 Å². The van der Waals surface area contributed by atoms with Crippen molar-refractivity contribution in [3.8, 4) is 11.5 Å². The van der Waals surface area contributed by atoms with Crippen LogP contribution in [0.1, 0.15) is 110 Å². The first kappa shape index (κ1) is 25.7. The van der Waals surface area contributed by atoms with Gasteiger partial charge in [0.2, 0.25) is 0 Å². The highest BCUT2D eigenvalue weighted by molar-refractivity contribution is 5.98. The van der Waals surface area contributed by atoms with Gasteiger partial charge >= 0.3 is 11.9 Å². The Morgan fingerprint density at radius 3 is 2.47 bits per heavy atom. The largest absolute Gasteiger partial charge is 0.507 e. The standard InChI is InChI=1S/C30H34O6/c1-18(2)20-12-14-21(15-13-20)24-17-26(32)36-25-16-22-9-5-4-6-10-23(31)11-7-8-19(3)35-30(34)27(22)29(33)28(24)25/h5,9,12-16,18-19,24,33H,4,6-8,10-11,17H2,1-3H3/t19-,24+/m1/s1. The van der Waals surface area contributed by atoms with Crippen LogP contribution in [0.5, 0.6) is 11.5 Å². The smallest absolute Gasteiger partial charge is 0.342 e. The Kier molecular flexibility index (Phi) is 7.92. The molecule has 0 spiro atoms. The number of allylic oxidation sites excluding steroid dienone is 1. The number of ketones is 1. The minimum atomic E-state index is -0.628. The molecule has 0 unspecified atom stereocenters. The Hall–Kier alpha value is -3.41. The Bertz CT molecular complexity index is 1170. The zero-order chi connectivity index (χ0) is 25.8. The average molecular weight is 491 g/mol. The molecule has 2 aromatic carbocycles. The maximum absolute atomic E-state index is 13.3. The number of carbonyl (C=O) groups excluding carboxylic acids is 3. The molecule has 0 aromatic heterocycles. The fourth-order valence-electron chi connectivity index (χ4n) is 4.92. The first-order chi connectivity index (χ1) is 17.2. The molecule has 0 bridgehead atoms. The van der Waals surface area contributed by atoms with Crippen molar-refractivity contribution in [3.63, 3.8) is 0 Å². The third kappa shape index (κ3) is 5.69. The van der Waals surface area contributed by atoms with Crippen LogP contribution in [-0.2, 0) is 14.3 Å². The molecule has 0 saturated heterocycles. The fraction of sp³-hybridized carbons (Fsp3) is 0.433. The maximum atomic E-state index is 13.3. The lowest BCUT2D eigenvalue weighted by Gasteiger charge is -2.28. The van der Waals surface area contributed by atoms with Crippen molar-refractivity contribution in [2.75, 3.05) is 0 Å². The number of ether oxygens (including phenoxy) is 2. The highest BCUT2D eigenvalue weighted by atomic mass is 16.5. The summed E-state index contributed by atoms with van der Waals surface area (Å²) in [6.07, 6.45) is 6.82. The lowest BCUT2D eigenvalue weighted by Crippen LogP contribution is -2.23. The predicted octanol–water partition coefficient (Wildman–Crippen LogP) is 6.44. The zero-order valence-electron chi connectivity index (χ0n) is 21.2. The van der Waals surface area contributed by atoms with Gasteiger partial charge in [0.25, 0.3) is 0 Å². The topological polar surface area (TPSA) is 89.9 Å². The number of Topliss-reactive ketones (excluding diaryl/α,β-unsaturated/α-hetero) is 1. The van der Waals surface area contributed by atoms with E-state index in [1.165, 1.54) is 5.56 Å². The van der Waals surface area contributed by atoms with Gasteiger partial charge in [-0.15, -0.1) is 0 Å². The van der Waals surface area contributed by atoms with Crippen molar-refractivity contribution in [1.82, 2.24) is 0 Å².